The summed E-state index contributed by atoms with van der Waals surface area (Å²) >= 11 is 9.35. The van der Waals surface area contributed by atoms with Gasteiger partial charge >= 0.3 is 11.9 Å². The second-order valence-electron chi connectivity index (χ2n) is 6.49. The van der Waals surface area contributed by atoms with E-state index in [2.05, 4.69) is 13.5 Å². The van der Waals surface area contributed by atoms with Crippen molar-refractivity contribution < 1.29 is 29.0 Å². The molecule has 0 spiro atoms. The highest BCUT2D eigenvalue weighted by Crippen LogP contribution is 2.51. The predicted molar refractivity (Wildman–Crippen MR) is 124 cm³/mol. The van der Waals surface area contributed by atoms with Crippen LogP contribution < -0.4 is 0 Å². The normalized spacial score (nSPS) is 19.7. The summed E-state index contributed by atoms with van der Waals surface area (Å²) in [5, 5.41) is 11.6. The van der Waals surface area contributed by atoms with E-state index in [0.29, 0.717) is 15.8 Å². The lowest BCUT2D eigenvalue weighted by Crippen LogP contribution is -2.29. The van der Waals surface area contributed by atoms with Crippen LogP contribution >= 0.6 is 47.5 Å². The van der Waals surface area contributed by atoms with Crippen molar-refractivity contribution in [1.29, 1.82) is 0 Å². The Morgan fingerprint density at radius 1 is 1.30 bits per heavy atom. The van der Waals surface area contributed by atoms with Gasteiger partial charge in [-0.1, -0.05) is 67.4 Å². The van der Waals surface area contributed by atoms with Crippen LogP contribution in [0, 0.1) is 0 Å². The lowest BCUT2D eigenvalue weighted by molar-refractivity contribution is -0.149. The molecule has 1 unspecified atom stereocenters. The lowest BCUT2D eigenvalue weighted by atomic mass is 10.3. The lowest BCUT2D eigenvalue weighted by Gasteiger charge is -2.13. The smallest absolute Gasteiger partial charge is 0.333 e. The summed E-state index contributed by atoms with van der Waals surface area (Å²) in [5.74, 6) is -1.22. The van der Waals surface area contributed by atoms with Gasteiger partial charge in [0.25, 0.3) is 5.91 Å². The molecule has 0 saturated carbocycles. The minimum absolute atomic E-state index is 0.0234. The van der Waals surface area contributed by atoms with E-state index in [1.54, 1.807) is 4.90 Å². The van der Waals surface area contributed by atoms with Crippen LogP contribution in [0.1, 0.15) is 33.1 Å². The maximum atomic E-state index is 12.6. The highest BCUT2D eigenvalue weighted by Gasteiger charge is 2.35. The topological polar surface area (TPSA) is 93.1 Å². The van der Waals surface area contributed by atoms with Crippen LogP contribution in [0.2, 0.25) is 0 Å². The van der Waals surface area contributed by atoms with Crippen LogP contribution in [0.3, 0.4) is 0 Å². The maximum Gasteiger partial charge on any atom is 0.333 e. The molecule has 2 rings (SSSR count). The number of unbranched alkanes of at least 4 members (excludes halogenated alkanes) is 1. The molecule has 1 amide bonds. The largest absolute Gasteiger partial charge is 0.463 e. The maximum absolute atomic E-state index is 12.6. The number of hydrogen-bond donors (Lipinski definition) is 1. The van der Waals surface area contributed by atoms with Crippen LogP contribution in [-0.2, 0) is 23.9 Å². The number of aliphatic hydroxyl groups excluding tert-OH is 1. The standard InChI is InChI=1S/C19H23NO6S4/c1-4-5-6-20-16(23)15(30-19(20)27)18-28-10-13(29-18)7-14(22)25-8-12(21)9-26-17(24)11(2)3/h10,12,21H,2,4-9H2,1,3H3. The second kappa shape index (κ2) is 11.9. The first-order valence-corrected chi connectivity index (χ1v) is 12.1. The van der Waals surface area contributed by atoms with Crippen molar-refractivity contribution in [3.8, 4) is 0 Å². The average Bonchev–Trinajstić information content (AvgIpc) is 3.26. The Morgan fingerprint density at radius 2 is 2.00 bits per heavy atom. The number of amides is 1. The molecule has 164 valence electrons. The Hall–Kier alpha value is -1.27. The van der Waals surface area contributed by atoms with Gasteiger partial charge in [-0.2, -0.15) is 0 Å². The first kappa shape index (κ1) is 25.0. The summed E-state index contributed by atoms with van der Waals surface area (Å²) in [6.45, 7) is 7.04. The highest BCUT2D eigenvalue weighted by atomic mass is 32.2. The molecule has 1 N–H and O–H groups in total. The van der Waals surface area contributed by atoms with Gasteiger partial charge in [-0.15, -0.1) is 0 Å². The van der Waals surface area contributed by atoms with E-state index < -0.39 is 18.0 Å². The van der Waals surface area contributed by atoms with Crippen molar-refractivity contribution in [1.82, 2.24) is 4.90 Å². The van der Waals surface area contributed by atoms with Crippen molar-refractivity contribution in [3.05, 3.63) is 31.6 Å². The van der Waals surface area contributed by atoms with Gasteiger partial charge in [0, 0.05) is 17.0 Å². The molecular weight excluding hydrogens is 466 g/mol. The van der Waals surface area contributed by atoms with Crippen molar-refractivity contribution in [3.63, 3.8) is 0 Å². The summed E-state index contributed by atoms with van der Waals surface area (Å²) in [6.07, 6.45) is 0.779. The van der Waals surface area contributed by atoms with Gasteiger partial charge in [0.15, 0.2) is 0 Å². The molecule has 30 heavy (non-hydrogen) atoms. The van der Waals surface area contributed by atoms with Gasteiger partial charge in [0.2, 0.25) is 0 Å². The molecule has 7 nitrogen and oxygen atoms in total. The van der Waals surface area contributed by atoms with Crippen LogP contribution in [0.4, 0.5) is 0 Å². The van der Waals surface area contributed by atoms with E-state index in [-0.39, 0.29) is 31.1 Å². The zero-order valence-electron chi connectivity index (χ0n) is 16.7. The third-order valence-electron chi connectivity index (χ3n) is 3.80. The van der Waals surface area contributed by atoms with Crippen molar-refractivity contribution in [2.45, 2.75) is 39.2 Å². The fourth-order valence-electron chi connectivity index (χ4n) is 2.22. The Kier molecular flexibility index (Phi) is 9.95. The molecule has 2 heterocycles. The van der Waals surface area contributed by atoms with Gasteiger partial charge in [-0.05, 0) is 18.8 Å². The number of esters is 2. The van der Waals surface area contributed by atoms with Crippen molar-refractivity contribution in [2.75, 3.05) is 19.8 Å². The SMILES string of the molecule is C=C(C)C(=O)OCC(O)COC(=O)CC1=CSC(=C2SC(=S)N(CCCC)C2=O)S1. The van der Waals surface area contributed by atoms with Gasteiger partial charge in [-0.3, -0.25) is 14.5 Å². The number of carbonyl (C=O) groups excluding carboxylic acids is 3. The van der Waals surface area contributed by atoms with Crippen LogP contribution in [0.25, 0.3) is 0 Å². The zero-order chi connectivity index (χ0) is 22.3. The van der Waals surface area contributed by atoms with E-state index in [0.717, 1.165) is 22.0 Å². The fourth-order valence-corrected chi connectivity index (χ4v) is 6.02. The first-order valence-electron chi connectivity index (χ1n) is 9.20. The highest BCUT2D eigenvalue weighted by molar-refractivity contribution is 8.31. The molecule has 0 aromatic rings. The van der Waals surface area contributed by atoms with Crippen LogP contribution in [0.15, 0.2) is 31.6 Å². The summed E-state index contributed by atoms with van der Waals surface area (Å²) in [4.78, 5) is 38.9. The molecule has 0 aromatic heterocycles. The van der Waals surface area contributed by atoms with E-state index in [9.17, 15) is 19.5 Å². The van der Waals surface area contributed by atoms with Gasteiger partial charge < -0.3 is 14.6 Å². The van der Waals surface area contributed by atoms with Crippen LogP contribution in [-0.4, -0.2) is 58.0 Å². The quantitative estimate of drug-likeness (QED) is 0.279. The minimum Gasteiger partial charge on any atom is -0.463 e. The summed E-state index contributed by atoms with van der Waals surface area (Å²) < 4.78 is 11.2. The summed E-state index contributed by atoms with van der Waals surface area (Å²) in [5.41, 5.74) is 0.222. The number of ether oxygens (including phenoxy) is 2. The third kappa shape index (κ3) is 7.16. The molecule has 1 atom stereocenters. The van der Waals surface area contributed by atoms with E-state index in [4.69, 9.17) is 21.7 Å². The Labute approximate surface area is 193 Å². The molecule has 11 heteroatoms. The van der Waals surface area contributed by atoms with E-state index >= 15 is 0 Å². The third-order valence-corrected chi connectivity index (χ3v) is 7.93. The van der Waals surface area contributed by atoms with Crippen LogP contribution in [0.5, 0.6) is 0 Å². The second-order valence-corrected chi connectivity index (χ2v) is 10.4. The van der Waals surface area contributed by atoms with Crippen molar-refractivity contribution >= 4 is 69.7 Å². The number of aliphatic hydroxyl groups is 1. The predicted octanol–water partition coefficient (Wildman–Crippen LogP) is 3.55. The molecule has 1 saturated heterocycles. The van der Waals surface area contributed by atoms with E-state index in [1.165, 1.54) is 42.2 Å². The summed E-state index contributed by atoms with van der Waals surface area (Å²) in [7, 11) is 0. The Morgan fingerprint density at radius 3 is 2.67 bits per heavy atom. The number of carbonyl (C=O) groups is 3. The monoisotopic (exact) mass is 489 g/mol. The number of thiocarbonyl (C=S) groups is 1. The molecule has 0 aliphatic carbocycles. The zero-order valence-corrected chi connectivity index (χ0v) is 19.9. The molecule has 0 radical (unpaired) electrons. The first-order chi connectivity index (χ1) is 14.2. The molecule has 0 aromatic carbocycles. The molecule has 1 fully saturated rings. The Balaban J connectivity index is 1.79. The van der Waals surface area contributed by atoms with E-state index in [1.807, 2.05) is 5.41 Å². The average molecular weight is 490 g/mol. The minimum atomic E-state index is -1.11. The summed E-state index contributed by atoms with van der Waals surface area (Å²) in [6, 6.07) is 0. The Bertz CT molecular complexity index is 807. The van der Waals surface area contributed by atoms with Crippen molar-refractivity contribution in [2.24, 2.45) is 0 Å². The van der Waals surface area contributed by atoms with Gasteiger partial charge in [0.1, 0.15) is 28.5 Å². The fraction of sp³-hybridized carbons (Fsp3) is 0.474. The van der Waals surface area contributed by atoms with Gasteiger partial charge in [-0.25, -0.2) is 4.79 Å². The number of hydrogen-bond acceptors (Lipinski definition) is 10. The molecule has 2 aliphatic heterocycles. The molecule has 2 aliphatic rings. The molecular formula is C19H23NO6S4. The number of thioether (sulfide) groups is 3. The van der Waals surface area contributed by atoms with Gasteiger partial charge in [0.05, 0.1) is 10.7 Å². The number of nitrogens with zero attached hydrogens (tertiary/aromatic N) is 1. The molecule has 0 bridgehead atoms. The number of rotatable bonds is 10.